The van der Waals surface area contributed by atoms with E-state index >= 15 is 0 Å². The van der Waals surface area contributed by atoms with Crippen LogP contribution in [0.4, 0.5) is 0 Å². The first-order valence-electron chi connectivity index (χ1n) is 7.44. The van der Waals surface area contributed by atoms with Gasteiger partial charge in [0, 0.05) is 10.7 Å². The molecule has 0 aromatic heterocycles. The quantitative estimate of drug-likeness (QED) is 0.552. The third-order valence-electron chi connectivity index (χ3n) is 4.02. The Morgan fingerprint density at radius 3 is 2.12 bits per heavy atom. The first-order chi connectivity index (χ1) is 8.26. The summed E-state index contributed by atoms with van der Waals surface area (Å²) in [7, 11) is 0. The second-order valence-electron chi connectivity index (χ2n) is 5.70. The van der Waals surface area contributed by atoms with E-state index in [0.29, 0.717) is 11.5 Å². The molecule has 0 atom stereocenters. The third-order valence-corrected chi connectivity index (χ3v) is 5.21. The van der Waals surface area contributed by atoms with Gasteiger partial charge in [-0.1, -0.05) is 61.9 Å². The van der Waals surface area contributed by atoms with Crippen LogP contribution in [0.3, 0.4) is 0 Å². The molecule has 0 spiro atoms. The Morgan fingerprint density at radius 1 is 1.06 bits per heavy atom. The summed E-state index contributed by atoms with van der Waals surface area (Å²) in [5, 5.41) is 1.09. The predicted molar refractivity (Wildman–Crippen MR) is 78.9 cm³/mol. The molecule has 0 bridgehead atoms. The standard InChI is InChI=1S/C15H29BrO/c1-3-10-15(12-16,11-4-2)13-17-14-8-6-5-7-9-14/h14H,3-13H2,1-2H3. The number of alkyl halides is 1. The summed E-state index contributed by atoms with van der Waals surface area (Å²) < 4.78 is 6.21. The molecule has 102 valence electrons. The molecule has 1 aliphatic rings. The van der Waals surface area contributed by atoms with Crippen molar-refractivity contribution in [3.05, 3.63) is 0 Å². The van der Waals surface area contributed by atoms with E-state index in [9.17, 15) is 0 Å². The topological polar surface area (TPSA) is 9.23 Å². The molecule has 1 saturated carbocycles. The lowest BCUT2D eigenvalue weighted by molar-refractivity contribution is -0.0240. The number of rotatable bonds is 8. The predicted octanol–water partition coefficient (Wildman–Crippen LogP) is 5.32. The fourth-order valence-electron chi connectivity index (χ4n) is 3.03. The van der Waals surface area contributed by atoms with Crippen LogP contribution in [-0.2, 0) is 4.74 Å². The minimum atomic E-state index is 0.390. The van der Waals surface area contributed by atoms with Gasteiger partial charge in [0.05, 0.1) is 12.7 Å². The zero-order valence-electron chi connectivity index (χ0n) is 11.6. The van der Waals surface area contributed by atoms with Crippen LogP contribution in [0.15, 0.2) is 0 Å². The van der Waals surface area contributed by atoms with E-state index in [-0.39, 0.29) is 0 Å². The highest BCUT2D eigenvalue weighted by Crippen LogP contribution is 2.34. The molecular weight excluding hydrogens is 276 g/mol. The maximum absolute atomic E-state index is 6.21. The maximum atomic E-state index is 6.21. The Labute approximate surface area is 116 Å². The fourth-order valence-corrected chi connectivity index (χ4v) is 3.75. The summed E-state index contributed by atoms with van der Waals surface area (Å²) in [6, 6.07) is 0. The number of halogens is 1. The lowest BCUT2D eigenvalue weighted by Gasteiger charge is -2.34. The van der Waals surface area contributed by atoms with Crippen LogP contribution in [0.25, 0.3) is 0 Å². The Morgan fingerprint density at radius 2 is 1.65 bits per heavy atom. The zero-order chi connectivity index (χ0) is 12.6. The van der Waals surface area contributed by atoms with Crippen LogP contribution in [0.5, 0.6) is 0 Å². The molecule has 1 aliphatic carbocycles. The summed E-state index contributed by atoms with van der Waals surface area (Å²) in [6.45, 7) is 5.53. The zero-order valence-corrected chi connectivity index (χ0v) is 13.2. The average molecular weight is 305 g/mol. The maximum Gasteiger partial charge on any atom is 0.0575 e. The summed E-state index contributed by atoms with van der Waals surface area (Å²) in [6.07, 6.45) is 12.4. The second-order valence-corrected chi connectivity index (χ2v) is 6.27. The van der Waals surface area contributed by atoms with Crippen molar-refractivity contribution in [2.24, 2.45) is 5.41 Å². The van der Waals surface area contributed by atoms with Gasteiger partial charge in [0.25, 0.3) is 0 Å². The second kappa shape index (κ2) is 8.53. The van der Waals surface area contributed by atoms with Gasteiger partial charge in [0.1, 0.15) is 0 Å². The first-order valence-corrected chi connectivity index (χ1v) is 8.56. The van der Waals surface area contributed by atoms with E-state index in [0.717, 1.165) is 11.9 Å². The highest BCUT2D eigenvalue weighted by atomic mass is 79.9. The number of hydrogen-bond donors (Lipinski definition) is 0. The molecule has 0 saturated heterocycles. The number of ether oxygens (including phenoxy) is 1. The molecule has 0 amide bonds. The molecule has 1 rings (SSSR count). The van der Waals surface area contributed by atoms with Crippen LogP contribution in [0.1, 0.15) is 71.6 Å². The molecular formula is C15H29BrO. The van der Waals surface area contributed by atoms with E-state index < -0.39 is 0 Å². The van der Waals surface area contributed by atoms with Gasteiger partial charge < -0.3 is 4.74 Å². The van der Waals surface area contributed by atoms with Crippen molar-refractivity contribution in [1.82, 2.24) is 0 Å². The van der Waals surface area contributed by atoms with E-state index in [1.807, 2.05) is 0 Å². The Balaban J connectivity index is 2.40. The Hall–Kier alpha value is 0.440. The highest BCUT2D eigenvalue weighted by molar-refractivity contribution is 9.09. The van der Waals surface area contributed by atoms with Crippen LogP contribution in [0.2, 0.25) is 0 Å². The highest BCUT2D eigenvalue weighted by Gasteiger charge is 2.29. The largest absolute Gasteiger partial charge is 0.378 e. The normalized spacial score (nSPS) is 18.5. The average Bonchev–Trinajstić information content (AvgIpc) is 2.38. The van der Waals surface area contributed by atoms with Crippen LogP contribution < -0.4 is 0 Å². The molecule has 0 aromatic carbocycles. The molecule has 0 heterocycles. The minimum Gasteiger partial charge on any atom is -0.378 e. The summed E-state index contributed by atoms with van der Waals surface area (Å²) in [5.41, 5.74) is 0.390. The van der Waals surface area contributed by atoms with E-state index in [1.54, 1.807) is 0 Å². The van der Waals surface area contributed by atoms with E-state index in [4.69, 9.17) is 4.74 Å². The van der Waals surface area contributed by atoms with Gasteiger partial charge in [-0.25, -0.2) is 0 Å². The molecule has 0 N–H and O–H groups in total. The van der Waals surface area contributed by atoms with E-state index in [1.165, 1.54) is 57.8 Å². The van der Waals surface area contributed by atoms with Gasteiger partial charge in [-0.05, 0) is 25.7 Å². The summed E-state index contributed by atoms with van der Waals surface area (Å²) >= 11 is 3.72. The van der Waals surface area contributed by atoms with Crippen LogP contribution in [0, 0.1) is 5.41 Å². The molecule has 0 unspecified atom stereocenters. The fraction of sp³-hybridized carbons (Fsp3) is 1.00. The van der Waals surface area contributed by atoms with Crippen molar-refractivity contribution >= 4 is 15.9 Å². The van der Waals surface area contributed by atoms with Crippen molar-refractivity contribution in [3.63, 3.8) is 0 Å². The third kappa shape index (κ3) is 5.30. The molecule has 0 aromatic rings. The number of hydrogen-bond acceptors (Lipinski definition) is 1. The van der Waals surface area contributed by atoms with Gasteiger partial charge in [0.15, 0.2) is 0 Å². The van der Waals surface area contributed by atoms with Crippen molar-refractivity contribution in [1.29, 1.82) is 0 Å². The van der Waals surface area contributed by atoms with Gasteiger partial charge in [0.2, 0.25) is 0 Å². The monoisotopic (exact) mass is 304 g/mol. The van der Waals surface area contributed by atoms with Crippen LogP contribution >= 0.6 is 15.9 Å². The molecule has 1 nitrogen and oxygen atoms in total. The lowest BCUT2D eigenvalue weighted by Crippen LogP contribution is -2.32. The molecule has 1 fully saturated rings. The Bertz CT molecular complexity index is 181. The minimum absolute atomic E-state index is 0.390. The van der Waals surface area contributed by atoms with Crippen molar-refractivity contribution < 1.29 is 4.74 Å². The molecule has 17 heavy (non-hydrogen) atoms. The van der Waals surface area contributed by atoms with Gasteiger partial charge >= 0.3 is 0 Å². The van der Waals surface area contributed by atoms with Crippen molar-refractivity contribution in [3.8, 4) is 0 Å². The van der Waals surface area contributed by atoms with Crippen molar-refractivity contribution in [2.45, 2.75) is 77.7 Å². The smallest absolute Gasteiger partial charge is 0.0575 e. The Kier molecular flexibility index (Phi) is 7.77. The summed E-state index contributed by atoms with van der Waals surface area (Å²) in [5.74, 6) is 0. The van der Waals surface area contributed by atoms with Gasteiger partial charge in [-0.2, -0.15) is 0 Å². The SMILES string of the molecule is CCCC(CBr)(CCC)COC1CCCCC1. The lowest BCUT2D eigenvalue weighted by atomic mass is 9.82. The van der Waals surface area contributed by atoms with Crippen molar-refractivity contribution in [2.75, 3.05) is 11.9 Å². The molecule has 2 heteroatoms. The van der Waals surface area contributed by atoms with Gasteiger partial charge in [-0.3, -0.25) is 0 Å². The molecule has 0 aliphatic heterocycles. The van der Waals surface area contributed by atoms with Gasteiger partial charge in [-0.15, -0.1) is 0 Å². The summed E-state index contributed by atoms with van der Waals surface area (Å²) in [4.78, 5) is 0. The molecule has 0 radical (unpaired) electrons. The van der Waals surface area contributed by atoms with E-state index in [2.05, 4.69) is 29.8 Å². The first kappa shape index (κ1) is 15.5. The van der Waals surface area contributed by atoms with Crippen LogP contribution in [-0.4, -0.2) is 18.0 Å².